The lowest BCUT2D eigenvalue weighted by atomic mass is 10.1. The molecule has 3 rings (SSSR count). The van der Waals surface area contributed by atoms with Crippen LogP contribution in [0.1, 0.15) is 18.1 Å². The third-order valence-electron chi connectivity index (χ3n) is 3.96. The van der Waals surface area contributed by atoms with Crippen LogP contribution in [-0.2, 0) is 17.6 Å². The fourth-order valence-corrected chi connectivity index (χ4v) is 2.51. The minimum absolute atomic E-state index is 0.172. The van der Waals surface area contributed by atoms with Crippen molar-refractivity contribution in [1.29, 1.82) is 0 Å². The predicted molar refractivity (Wildman–Crippen MR) is 102 cm³/mol. The molecule has 0 radical (unpaired) electrons. The molecule has 0 fully saturated rings. The quantitative estimate of drug-likeness (QED) is 0.678. The van der Waals surface area contributed by atoms with Crippen LogP contribution in [0, 0.1) is 5.82 Å². The van der Waals surface area contributed by atoms with E-state index in [-0.39, 0.29) is 18.1 Å². The topological polar surface area (TPSA) is 54.0 Å². The second-order valence-electron chi connectivity index (χ2n) is 5.96. The third kappa shape index (κ3) is 4.89. The summed E-state index contributed by atoms with van der Waals surface area (Å²) in [7, 11) is 0. The van der Waals surface area contributed by atoms with E-state index in [1.165, 1.54) is 17.7 Å². The number of benzene rings is 2. The summed E-state index contributed by atoms with van der Waals surface area (Å²) in [6, 6.07) is 17.7. The minimum atomic E-state index is -0.314. The molecule has 5 heteroatoms. The predicted octanol–water partition coefficient (Wildman–Crippen LogP) is 4.71. The van der Waals surface area contributed by atoms with Crippen molar-refractivity contribution in [2.75, 3.05) is 10.6 Å². The van der Waals surface area contributed by atoms with E-state index in [2.05, 4.69) is 34.7 Å². The molecule has 0 aliphatic rings. The highest BCUT2D eigenvalue weighted by Gasteiger charge is 2.05. The summed E-state index contributed by atoms with van der Waals surface area (Å²) in [6.07, 6.45) is 2.79. The second kappa shape index (κ2) is 8.25. The van der Waals surface area contributed by atoms with Crippen molar-refractivity contribution >= 4 is 23.1 Å². The third-order valence-corrected chi connectivity index (χ3v) is 3.96. The summed E-state index contributed by atoms with van der Waals surface area (Å²) >= 11 is 0. The Kier molecular flexibility index (Phi) is 5.59. The summed E-state index contributed by atoms with van der Waals surface area (Å²) in [5.41, 5.74) is 3.61. The van der Waals surface area contributed by atoms with Crippen LogP contribution in [0.2, 0.25) is 0 Å². The standard InChI is InChI=1S/C21H20FN3O/c1-2-15-5-9-18(10-6-15)24-20-12-11-19(14-23-20)25-21(26)13-16-3-7-17(22)8-4-16/h3-12,14H,2,13H2,1H3,(H,23,24)(H,25,26). The van der Waals surface area contributed by atoms with Crippen LogP contribution in [0.25, 0.3) is 0 Å². The summed E-state index contributed by atoms with van der Waals surface area (Å²) in [5, 5.41) is 6.01. The monoisotopic (exact) mass is 349 g/mol. The maximum absolute atomic E-state index is 12.9. The van der Waals surface area contributed by atoms with Crippen LogP contribution in [0.15, 0.2) is 66.9 Å². The highest BCUT2D eigenvalue weighted by Crippen LogP contribution is 2.17. The zero-order valence-electron chi connectivity index (χ0n) is 14.5. The molecule has 26 heavy (non-hydrogen) atoms. The minimum Gasteiger partial charge on any atom is -0.340 e. The number of aromatic nitrogens is 1. The fraction of sp³-hybridized carbons (Fsp3) is 0.143. The number of amides is 1. The number of halogens is 1. The number of nitrogens with one attached hydrogen (secondary N) is 2. The number of hydrogen-bond acceptors (Lipinski definition) is 3. The Bertz CT molecular complexity index is 859. The molecule has 3 aromatic rings. The zero-order chi connectivity index (χ0) is 18.4. The van der Waals surface area contributed by atoms with Gasteiger partial charge in [0, 0.05) is 5.69 Å². The Morgan fingerprint density at radius 3 is 2.19 bits per heavy atom. The van der Waals surface area contributed by atoms with Crippen molar-refractivity contribution in [3.63, 3.8) is 0 Å². The van der Waals surface area contributed by atoms with Gasteiger partial charge in [0.15, 0.2) is 0 Å². The summed E-state index contributed by atoms with van der Waals surface area (Å²) in [5.74, 6) is 0.214. The van der Waals surface area contributed by atoms with E-state index in [4.69, 9.17) is 0 Å². The van der Waals surface area contributed by atoms with Crippen LogP contribution in [0.4, 0.5) is 21.6 Å². The van der Waals surface area contributed by atoms with E-state index in [9.17, 15) is 9.18 Å². The molecule has 2 N–H and O–H groups in total. The lowest BCUT2D eigenvalue weighted by molar-refractivity contribution is -0.115. The van der Waals surface area contributed by atoms with E-state index in [1.54, 1.807) is 30.5 Å². The molecule has 0 aliphatic carbocycles. The van der Waals surface area contributed by atoms with Gasteiger partial charge in [-0.2, -0.15) is 0 Å². The van der Waals surface area contributed by atoms with Crippen LogP contribution in [0.5, 0.6) is 0 Å². The fourth-order valence-electron chi connectivity index (χ4n) is 2.51. The van der Waals surface area contributed by atoms with Gasteiger partial charge < -0.3 is 10.6 Å². The zero-order valence-corrected chi connectivity index (χ0v) is 14.5. The van der Waals surface area contributed by atoms with Crippen molar-refractivity contribution in [3.05, 3.63) is 83.8 Å². The Morgan fingerprint density at radius 2 is 1.58 bits per heavy atom. The maximum Gasteiger partial charge on any atom is 0.228 e. The van der Waals surface area contributed by atoms with Gasteiger partial charge in [0.25, 0.3) is 0 Å². The lowest BCUT2D eigenvalue weighted by Crippen LogP contribution is -2.14. The highest BCUT2D eigenvalue weighted by molar-refractivity contribution is 5.92. The van der Waals surface area contributed by atoms with Crippen molar-refractivity contribution < 1.29 is 9.18 Å². The number of carbonyl (C=O) groups is 1. The van der Waals surface area contributed by atoms with Gasteiger partial charge in [-0.1, -0.05) is 31.2 Å². The number of hydrogen-bond donors (Lipinski definition) is 2. The lowest BCUT2D eigenvalue weighted by Gasteiger charge is -2.08. The number of pyridine rings is 1. The molecule has 0 aliphatic heterocycles. The molecule has 0 spiro atoms. The normalized spacial score (nSPS) is 10.4. The molecular weight excluding hydrogens is 329 g/mol. The van der Waals surface area contributed by atoms with E-state index in [0.29, 0.717) is 11.5 Å². The van der Waals surface area contributed by atoms with Gasteiger partial charge in [-0.15, -0.1) is 0 Å². The second-order valence-corrected chi connectivity index (χ2v) is 5.96. The van der Waals surface area contributed by atoms with Crippen LogP contribution in [-0.4, -0.2) is 10.9 Å². The van der Waals surface area contributed by atoms with E-state index < -0.39 is 0 Å². The van der Waals surface area contributed by atoms with Gasteiger partial charge >= 0.3 is 0 Å². The number of aryl methyl sites for hydroxylation is 1. The molecule has 0 unspecified atom stereocenters. The number of anilines is 3. The first-order valence-electron chi connectivity index (χ1n) is 8.48. The summed E-state index contributed by atoms with van der Waals surface area (Å²) in [6.45, 7) is 2.12. The van der Waals surface area contributed by atoms with Gasteiger partial charge in [0.1, 0.15) is 11.6 Å². The largest absolute Gasteiger partial charge is 0.340 e. The Morgan fingerprint density at radius 1 is 0.923 bits per heavy atom. The maximum atomic E-state index is 12.9. The van der Waals surface area contributed by atoms with Crippen LogP contribution in [0.3, 0.4) is 0 Å². The summed E-state index contributed by atoms with van der Waals surface area (Å²) < 4.78 is 12.9. The molecule has 1 heterocycles. The van der Waals surface area contributed by atoms with Gasteiger partial charge in [0.05, 0.1) is 18.3 Å². The Labute approximate surface area is 152 Å². The van der Waals surface area contributed by atoms with Crippen LogP contribution < -0.4 is 10.6 Å². The first-order chi connectivity index (χ1) is 12.6. The van der Waals surface area contributed by atoms with Crippen molar-refractivity contribution in [3.8, 4) is 0 Å². The molecule has 1 amide bonds. The average molecular weight is 349 g/mol. The van der Waals surface area contributed by atoms with Gasteiger partial charge in [0.2, 0.25) is 5.91 Å². The molecular formula is C21H20FN3O. The Hall–Kier alpha value is -3.21. The molecule has 0 saturated heterocycles. The van der Waals surface area contributed by atoms with Gasteiger partial charge in [-0.05, 0) is 53.9 Å². The molecule has 1 aromatic heterocycles. The van der Waals surface area contributed by atoms with E-state index in [0.717, 1.165) is 17.7 Å². The highest BCUT2D eigenvalue weighted by atomic mass is 19.1. The molecule has 0 saturated carbocycles. The smallest absolute Gasteiger partial charge is 0.228 e. The average Bonchev–Trinajstić information content (AvgIpc) is 2.66. The van der Waals surface area contributed by atoms with E-state index in [1.807, 2.05) is 12.1 Å². The van der Waals surface area contributed by atoms with Crippen molar-refractivity contribution in [1.82, 2.24) is 4.98 Å². The SMILES string of the molecule is CCc1ccc(Nc2ccc(NC(=O)Cc3ccc(F)cc3)cn2)cc1. The molecule has 2 aromatic carbocycles. The Balaban J connectivity index is 1.56. The molecule has 4 nitrogen and oxygen atoms in total. The number of carbonyl (C=O) groups excluding carboxylic acids is 1. The first kappa shape index (κ1) is 17.6. The molecule has 132 valence electrons. The van der Waals surface area contributed by atoms with Crippen molar-refractivity contribution in [2.45, 2.75) is 19.8 Å². The van der Waals surface area contributed by atoms with Gasteiger partial charge in [-0.3, -0.25) is 4.79 Å². The number of rotatable bonds is 6. The summed E-state index contributed by atoms with van der Waals surface area (Å²) in [4.78, 5) is 16.4. The van der Waals surface area contributed by atoms with Crippen LogP contribution >= 0.6 is 0 Å². The van der Waals surface area contributed by atoms with E-state index >= 15 is 0 Å². The van der Waals surface area contributed by atoms with Gasteiger partial charge in [-0.25, -0.2) is 9.37 Å². The molecule has 0 atom stereocenters. The number of nitrogens with zero attached hydrogens (tertiary/aromatic N) is 1. The first-order valence-corrected chi connectivity index (χ1v) is 8.48. The van der Waals surface area contributed by atoms with Crippen molar-refractivity contribution in [2.24, 2.45) is 0 Å². The molecule has 0 bridgehead atoms.